The number of rotatable bonds is 3. The summed E-state index contributed by atoms with van der Waals surface area (Å²) in [6.07, 6.45) is 0. The average Bonchev–Trinajstić information content (AvgIpc) is 1.61. The molecule has 0 amide bonds. The molecule has 2 nitrogen and oxygen atoms in total. The van der Waals surface area contributed by atoms with E-state index in [1.54, 1.807) is 0 Å². The van der Waals surface area contributed by atoms with Crippen LogP contribution in [0.15, 0.2) is 0 Å². The molecule has 0 bridgehead atoms. The predicted octanol–water partition coefficient (Wildman–Crippen LogP) is 0.499. The Morgan fingerprint density at radius 1 is 1.86 bits per heavy atom. The van der Waals surface area contributed by atoms with Gasteiger partial charge in [0.1, 0.15) is 5.78 Å². The van der Waals surface area contributed by atoms with Crippen LogP contribution in [-0.2, 0) is 9.59 Å². The smallest absolute Gasteiger partial charge is 0.176 e. The minimum absolute atomic E-state index is 0.0390. The third-order valence-electron chi connectivity index (χ3n) is 0.355. The fourth-order valence-electron chi connectivity index (χ4n) is 0.151. The maximum absolute atomic E-state index is 10.0. The van der Waals surface area contributed by atoms with Crippen LogP contribution in [0.3, 0.4) is 0 Å². The van der Waals surface area contributed by atoms with Crippen molar-refractivity contribution in [2.24, 2.45) is 0 Å². The lowest BCUT2D eigenvalue weighted by Gasteiger charge is -1.80. The zero-order valence-electron chi connectivity index (χ0n) is 4.01. The van der Waals surface area contributed by atoms with E-state index in [9.17, 15) is 9.59 Å². The summed E-state index contributed by atoms with van der Waals surface area (Å²) in [7, 11) is 0. The van der Waals surface area contributed by atoms with Crippen LogP contribution in [-0.4, -0.2) is 17.2 Å². The van der Waals surface area contributed by atoms with E-state index in [0.29, 0.717) is 11.4 Å². The first kappa shape index (κ1) is 6.69. The van der Waals surface area contributed by atoms with Gasteiger partial charge in [-0.3, -0.25) is 9.59 Å². The summed E-state index contributed by atoms with van der Waals surface area (Å²) in [5.74, 6) is 0.348. The van der Waals surface area contributed by atoms with Gasteiger partial charge in [0, 0.05) is 0 Å². The van der Waals surface area contributed by atoms with Crippen molar-refractivity contribution in [1.29, 1.82) is 0 Å². The van der Waals surface area contributed by atoms with Gasteiger partial charge in [0.2, 0.25) is 0 Å². The number of carbonyl (C=O) groups is 2. The Balaban J connectivity index is 2.97. The van der Waals surface area contributed by atoms with E-state index in [1.807, 2.05) is 0 Å². The second-order valence-corrected chi connectivity index (χ2v) is 1.92. The molecule has 0 aliphatic heterocycles. The summed E-state index contributed by atoms with van der Waals surface area (Å²) in [5.41, 5.74) is 0.668. The topological polar surface area (TPSA) is 34.1 Å². The molecule has 0 saturated carbocycles. The van der Waals surface area contributed by atoms with Crippen molar-refractivity contribution in [3.05, 3.63) is 0 Å². The molecule has 0 saturated heterocycles. The van der Waals surface area contributed by atoms with Crippen molar-refractivity contribution in [2.45, 2.75) is 6.92 Å². The van der Waals surface area contributed by atoms with Crippen LogP contribution in [0.5, 0.6) is 0 Å². The maximum Gasteiger partial charge on any atom is 0.176 e. The molecule has 0 fully saturated rings. The number of thioether (sulfide) groups is 1. The van der Waals surface area contributed by atoms with Gasteiger partial charge < -0.3 is 0 Å². The van der Waals surface area contributed by atoms with Crippen molar-refractivity contribution in [3.8, 4) is 0 Å². The van der Waals surface area contributed by atoms with Gasteiger partial charge in [0.05, 0.1) is 5.75 Å². The number of carbonyl (C=O) groups excluding carboxylic acids is 2. The standard InChI is InChI=1S/C4H6O2S/c1-4(6)2-7-3-5/h3H,2H2,1H3. The van der Waals surface area contributed by atoms with Crippen LogP contribution in [0.1, 0.15) is 6.92 Å². The lowest BCUT2D eigenvalue weighted by Crippen LogP contribution is -1.91. The zero-order chi connectivity index (χ0) is 5.70. The third kappa shape index (κ3) is 5.69. The highest BCUT2D eigenvalue weighted by Crippen LogP contribution is 1.90. The van der Waals surface area contributed by atoms with E-state index in [4.69, 9.17) is 0 Å². The molecule has 40 valence electrons. The lowest BCUT2D eigenvalue weighted by molar-refractivity contribution is -0.114. The van der Waals surface area contributed by atoms with E-state index < -0.39 is 0 Å². The third-order valence-corrected chi connectivity index (χ3v) is 1.06. The van der Waals surface area contributed by atoms with Crippen LogP contribution in [0.25, 0.3) is 0 Å². The van der Waals surface area contributed by atoms with Crippen molar-refractivity contribution >= 4 is 23.2 Å². The molecule has 0 radical (unpaired) electrons. The van der Waals surface area contributed by atoms with Crippen LogP contribution in [0, 0.1) is 0 Å². The summed E-state index contributed by atoms with van der Waals surface area (Å²) < 4.78 is 0. The minimum atomic E-state index is 0.0390. The first-order valence-electron chi connectivity index (χ1n) is 1.82. The molecular weight excluding hydrogens is 112 g/mol. The highest BCUT2D eigenvalue weighted by molar-refractivity contribution is 8.12. The highest BCUT2D eigenvalue weighted by Gasteiger charge is 1.88. The molecule has 3 heteroatoms. The fraction of sp³-hybridized carbons (Fsp3) is 0.500. The molecule has 7 heavy (non-hydrogen) atoms. The molecule has 0 aromatic heterocycles. The number of ketones is 1. The largest absolute Gasteiger partial charge is 0.299 e. The summed E-state index contributed by atoms with van der Waals surface area (Å²) in [5, 5.41) is 0. The number of Topliss-reactive ketones (excluding diaryl/α,β-unsaturated/α-hetero) is 1. The van der Waals surface area contributed by atoms with E-state index >= 15 is 0 Å². The van der Waals surface area contributed by atoms with Gasteiger partial charge in [0.25, 0.3) is 0 Å². The molecule has 0 aliphatic carbocycles. The Kier molecular flexibility index (Phi) is 3.69. The van der Waals surface area contributed by atoms with Crippen LogP contribution in [0.4, 0.5) is 0 Å². The molecule has 0 heterocycles. The van der Waals surface area contributed by atoms with Gasteiger partial charge in [-0.15, -0.1) is 0 Å². The molecule has 0 rings (SSSR count). The molecule has 0 aromatic rings. The Morgan fingerprint density at radius 2 is 2.43 bits per heavy atom. The maximum atomic E-state index is 10.0. The minimum Gasteiger partial charge on any atom is -0.299 e. The van der Waals surface area contributed by atoms with Crippen LogP contribution in [0.2, 0.25) is 0 Å². The molecule has 0 spiro atoms. The first-order valence-corrected chi connectivity index (χ1v) is 2.87. The van der Waals surface area contributed by atoms with Crippen molar-refractivity contribution in [3.63, 3.8) is 0 Å². The number of hydrogen-bond acceptors (Lipinski definition) is 3. The van der Waals surface area contributed by atoms with E-state index in [1.165, 1.54) is 6.92 Å². The van der Waals surface area contributed by atoms with Gasteiger partial charge in [-0.25, -0.2) is 0 Å². The first-order chi connectivity index (χ1) is 3.27. The zero-order valence-corrected chi connectivity index (χ0v) is 4.83. The van der Waals surface area contributed by atoms with Crippen LogP contribution >= 0.6 is 11.8 Å². The monoisotopic (exact) mass is 118 g/mol. The summed E-state index contributed by atoms with van der Waals surface area (Å²) >= 11 is 0.986. The van der Waals surface area contributed by atoms with Gasteiger partial charge in [-0.1, -0.05) is 11.8 Å². The van der Waals surface area contributed by atoms with E-state index in [-0.39, 0.29) is 5.78 Å². The van der Waals surface area contributed by atoms with Gasteiger partial charge in [0.15, 0.2) is 5.62 Å². The SMILES string of the molecule is CC(=O)CSC=O. The Bertz CT molecular complexity index is 79.8. The molecule has 0 unspecified atom stereocenters. The molecule has 0 aliphatic rings. The van der Waals surface area contributed by atoms with Crippen molar-refractivity contribution in [1.82, 2.24) is 0 Å². The molecule has 0 atom stereocenters. The Labute approximate surface area is 46.3 Å². The highest BCUT2D eigenvalue weighted by atomic mass is 32.2. The summed E-state index contributed by atoms with van der Waals surface area (Å²) in [6.45, 7) is 1.45. The van der Waals surface area contributed by atoms with Gasteiger partial charge in [-0.2, -0.15) is 0 Å². The molecular formula is C4H6O2S. The van der Waals surface area contributed by atoms with Gasteiger partial charge >= 0.3 is 0 Å². The van der Waals surface area contributed by atoms with Crippen LogP contribution < -0.4 is 0 Å². The van der Waals surface area contributed by atoms with Crippen molar-refractivity contribution < 1.29 is 9.59 Å². The average molecular weight is 118 g/mol. The fourth-order valence-corrected chi connectivity index (χ4v) is 0.454. The second-order valence-electron chi connectivity index (χ2n) is 1.11. The van der Waals surface area contributed by atoms with E-state index in [2.05, 4.69) is 0 Å². The van der Waals surface area contributed by atoms with Gasteiger partial charge in [-0.05, 0) is 6.92 Å². The van der Waals surface area contributed by atoms with Crippen molar-refractivity contribution in [2.75, 3.05) is 5.75 Å². The Hall–Kier alpha value is -0.310. The number of hydrogen-bond donors (Lipinski definition) is 0. The Morgan fingerprint density at radius 3 is 2.57 bits per heavy atom. The lowest BCUT2D eigenvalue weighted by atomic mass is 10.5. The van der Waals surface area contributed by atoms with E-state index in [0.717, 1.165) is 11.8 Å². The normalized spacial score (nSPS) is 8.14. The summed E-state index contributed by atoms with van der Waals surface area (Å²) in [4.78, 5) is 19.5. The second kappa shape index (κ2) is 3.87. The molecule has 0 N–H and O–H groups in total. The predicted molar refractivity (Wildman–Crippen MR) is 29.9 cm³/mol. The summed E-state index contributed by atoms with van der Waals surface area (Å²) in [6, 6.07) is 0. The quantitative estimate of drug-likeness (QED) is 0.506. The molecule has 0 aromatic carbocycles.